The Morgan fingerprint density at radius 2 is 0.844 bits per heavy atom. The fourth-order valence-electron chi connectivity index (χ4n) is 10.0. The molecule has 0 radical (unpaired) electrons. The van der Waals surface area contributed by atoms with Crippen molar-refractivity contribution in [1.29, 1.82) is 21.0 Å². The molecule has 6 nitrogen and oxygen atoms in total. The summed E-state index contributed by atoms with van der Waals surface area (Å²) in [5, 5.41) is 39.1. The first-order valence-corrected chi connectivity index (χ1v) is 22.8. The lowest BCUT2D eigenvalue weighted by Crippen LogP contribution is -2.21. The number of hydrogen-bond donors (Lipinski definition) is 0. The minimum absolute atomic E-state index is 0.000199. The van der Waals surface area contributed by atoms with Crippen LogP contribution in [-0.2, 0) is 10.8 Å². The van der Waals surface area contributed by atoms with Crippen LogP contribution in [0.25, 0.3) is 63.0 Å². The van der Waals surface area contributed by atoms with Gasteiger partial charge in [-0.1, -0.05) is 76.2 Å². The molecule has 0 amide bonds. The van der Waals surface area contributed by atoms with Gasteiger partial charge in [0.15, 0.2) is 23.2 Å². The molecule has 4 aliphatic rings. The molecule has 11 rings (SSSR count). The largest absolute Gasteiger partial charge is 0.289 e. The summed E-state index contributed by atoms with van der Waals surface area (Å²) in [5.74, 6) is -3.58. The van der Waals surface area contributed by atoms with E-state index >= 15 is 17.6 Å². The molecule has 4 aliphatic carbocycles. The van der Waals surface area contributed by atoms with Crippen LogP contribution in [-0.4, -0.2) is 11.6 Å². The van der Waals surface area contributed by atoms with E-state index in [1.54, 1.807) is 76.2 Å². The topological polar surface area (TPSA) is 129 Å². The molecular formula is C50H22F4N4O2S4. The molecular weight excluding hydrogens is 893 g/mol. The van der Waals surface area contributed by atoms with Crippen molar-refractivity contribution in [1.82, 2.24) is 0 Å². The van der Waals surface area contributed by atoms with Crippen molar-refractivity contribution in [2.45, 2.75) is 38.5 Å². The average molecular weight is 915 g/mol. The van der Waals surface area contributed by atoms with Crippen LogP contribution in [0.2, 0.25) is 0 Å². The number of carbonyl (C=O) groups excluding carboxylic acids is 2. The van der Waals surface area contributed by atoms with Gasteiger partial charge in [0, 0.05) is 76.3 Å². The monoisotopic (exact) mass is 914 g/mol. The summed E-state index contributed by atoms with van der Waals surface area (Å²) in [4.78, 5) is 28.2. The van der Waals surface area contributed by atoms with Gasteiger partial charge in [0.25, 0.3) is 0 Å². The molecule has 0 saturated heterocycles. The number of ketones is 2. The van der Waals surface area contributed by atoms with Gasteiger partial charge in [-0.05, 0) is 34.4 Å². The first kappa shape index (κ1) is 39.8. The fraction of sp³-hybridized carbons (Fsp3) is 0.120. The number of benzene rings is 3. The number of thiophene rings is 4. The van der Waals surface area contributed by atoms with Gasteiger partial charge in [0.1, 0.15) is 47.1 Å². The summed E-state index contributed by atoms with van der Waals surface area (Å²) in [6.07, 6.45) is 2.69. The van der Waals surface area contributed by atoms with Gasteiger partial charge in [-0.3, -0.25) is 9.59 Å². The highest BCUT2D eigenvalue weighted by Gasteiger charge is 2.52. The van der Waals surface area contributed by atoms with Gasteiger partial charge in [-0.2, -0.15) is 21.0 Å². The molecule has 0 N–H and O–H groups in total. The highest BCUT2D eigenvalue weighted by Crippen LogP contribution is 2.65. The second kappa shape index (κ2) is 13.2. The Balaban J connectivity index is 1.05. The predicted octanol–water partition coefficient (Wildman–Crippen LogP) is 13.6. The smallest absolute Gasteiger partial charge is 0.194 e. The number of hydrogen-bond acceptors (Lipinski definition) is 10. The quantitative estimate of drug-likeness (QED) is 0.0965. The van der Waals surface area contributed by atoms with Crippen LogP contribution < -0.4 is 0 Å². The Morgan fingerprint density at radius 3 is 1.19 bits per heavy atom. The molecule has 3 aromatic carbocycles. The number of fused-ring (bicyclic) bond motifs is 12. The van der Waals surface area contributed by atoms with Gasteiger partial charge in [0.2, 0.25) is 0 Å². The van der Waals surface area contributed by atoms with E-state index in [4.69, 9.17) is 0 Å². The van der Waals surface area contributed by atoms with E-state index in [-0.39, 0.29) is 86.0 Å². The van der Waals surface area contributed by atoms with Crippen LogP contribution in [0.1, 0.15) is 91.5 Å². The van der Waals surface area contributed by atoms with Gasteiger partial charge in [-0.15, -0.1) is 45.3 Å². The SMILES string of the molecule is CC1(C)c2c(F)c3c(c(F)c2-c2sc4c(F)c(/C=C5\C(=O)c6ccccc6C5=C(C#N)C#N)sc4c21)C(C)(C)c1c-3sc2c(F)c(/C=C3\C(=O)c4ccccc4C3=C(C#N)C#N)sc12. The molecule has 0 saturated carbocycles. The maximum absolute atomic E-state index is 17.6. The number of nitriles is 4. The Bertz CT molecular complexity index is 3540. The van der Waals surface area contributed by atoms with Gasteiger partial charge in [-0.25, -0.2) is 17.6 Å². The second-order valence-corrected chi connectivity index (χ2v) is 20.8. The zero-order chi connectivity index (χ0) is 45.0. The fourth-order valence-corrected chi connectivity index (χ4v) is 15.9. The Kier molecular flexibility index (Phi) is 8.23. The number of Topliss-reactive ketones (excluding diaryl/α,β-unsaturated/α-hetero) is 2. The van der Waals surface area contributed by atoms with Crippen molar-refractivity contribution < 1.29 is 27.2 Å². The molecule has 7 aromatic rings. The number of carbonyl (C=O) groups is 2. The number of nitrogens with zero attached hydrogens (tertiary/aromatic N) is 4. The average Bonchev–Trinajstić information content (AvgIpc) is 4.14. The third-order valence-electron chi connectivity index (χ3n) is 12.7. The van der Waals surface area contributed by atoms with Gasteiger partial charge < -0.3 is 0 Å². The lowest BCUT2D eigenvalue weighted by molar-refractivity contribution is 0.103. The van der Waals surface area contributed by atoms with E-state index in [1.807, 2.05) is 24.3 Å². The zero-order valence-electron chi connectivity index (χ0n) is 33.5. The highest BCUT2D eigenvalue weighted by atomic mass is 32.1. The summed E-state index contributed by atoms with van der Waals surface area (Å²) in [7, 11) is 0. The van der Waals surface area contributed by atoms with Crippen LogP contribution in [0.4, 0.5) is 17.6 Å². The molecule has 4 heterocycles. The first-order valence-electron chi connectivity index (χ1n) is 19.5. The lowest BCUT2D eigenvalue weighted by atomic mass is 9.78. The normalized spacial score (nSPS) is 17.0. The van der Waals surface area contributed by atoms with E-state index in [2.05, 4.69) is 0 Å². The lowest BCUT2D eigenvalue weighted by Gasteiger charge is -2.26. The Labute approximate surface area is 377 Å². The molecule has 0 fully saturated rings. The number of allylic oxidation sites excluding steroid dienone is 6. The molecule has 0 unspecified atom stereocenters. The minimum Gasteiger partial charge on any atom is -0.289 e. The third kappa shape index (κ3) is 4.78. The summed E-state index contributed by atoms with van der Waals surface area (Å²) in [6.45, 7) is 7.01. The number of rotatable bonds is 2. The third-order valence-corrected chi connectivity index (χ3v) is 17.6. The van der Waals surface area contributed by atoms with Gasteiger partial charge in [0.05, 0.1) is 28.6 Å². The molecule has 0 bridgehead atoms. The van der Waals surface area contributed by atoms with Gasteiger partial charge >= 0.3 is 0 Å². The Morgan fingerprint density at radius 1 is 0.500 bits per heavy atom. The number of halogens is 4. The van der Waals surface area contributed by atoms with E-state index in [1.165, 1.54) is 12.2 Å². The van der Waals surface area contributed by atoms with Crippen molar-refractivity contribution in [3.8, 4) is 45.2 Å². The van der Waals surface area contributed by atoms with Crippen LogP contribution >= 0.6 is 45.3 Å². The standard InChI is InChI=1S/C50H22F4N4O2S4/c1-49(2)33-31(43-35(49)45-47(63-43)37(51)27(61-45)13-25-29(19(15-55)16-56)21-9-5-7-11-23(21)41(25)59)40(54)34-32(39(33)53)44-36(50(34,3)4)46-48(64-44)38(52)28(62-46)14-26-30(20(17-57)18-58)22-10-6-8-12-24(22)42(26)60/h5-14H,1-4H3/b25-13-,26-14-. The summed E-state index contributed by atoms with van der Waals surface area (Å²) in [6, 6.07) is 20.5. The van der Waals surface area contributed by atoms with E-state index in [9.17, 15) is 30.6 Å². The second-order valence-electron chi connectivity index (χ2n) is 16.7. The molecule has 306 valence electrons. The predicted molar refractivity (Wildman–Crippen MR) is 242 cm³/mol. The summed E-state index contributed by atoms with van der Waals surface area (Å²) >= 11 is 4.04. The molecule has 14 heteroatoms. The molecule has 0 spiro atoms. The molecule has 4 aromatic heterocycles. The minimum atomic E-state index is -1.18. The Hall–Kier alpha value is -7.04. The van der Waals surface area contributed by atoms with Crippen molar-refractivity contribution >= 4 is 99.0 Å². The van der Waals surface area contributed by atoms with Crippen LogP contribution in [0.15, 0.2) is 70.8 Å². The summed E-state index contributed by atoms with van der Waals surface area (Å²) < 4.78 is 69.9. The van der Waals surface area contributed by atoms with Crippen molar-refractivity contribution in [3.63, 3.8) is 0 Å². The first-order chi connectivity index (χ1) is 30.6. The van der Waals surface area contributed by atoms with Crippen LogP contribution in [0.5, 0.6) is 0 Å². The van der Waals surface area contributed by atoms with E-state index in [0.717, 1.165) is 45.3 Å². The van der Waals surface area contributed by atoms with Crippen molar-refractivity contribution in [2.75, 3.05) is 0 Å². The summed E-state index contributed by atoms with van der Waals surface area (Å²) in [5.41, 5.74) is -0.0214. The van der Waals surface area contributed by atoms with E-state index in [0.29, 0.717) is 41.4 Å². The zero-order valence-corrected chi connectivity index (χ0v) is 36.8. The van der Waals surface area contributed by atoms with Crippen LogP contribution in [0.3, 0.4) is 0 Å². The van der Waals surface area contributed by atoms with E-state index < -0.39 is 45.7 Å². The highest BCUT2D eigenvalue weighted by molar-refractivity contribution is 7.31. The maximum atomic E-state index is 17.6. The van der Waals surface area contributed by atoms with Crippen LogP contribution in [0, 0.1) is 68.6 Å². The molecule has 0 aliphatic heterocycles. The van der Waals surface area contributed by atoms with Crippen molar-refractivity contribution in [2.24, 2.45) is 0 Å². The maximum Gasteiger partial charge on any atom is 0.194 e. The van der Waals surface area contributed by atoms with Crippen molar-refractivity contribution in [3.05, 3.63) is 148 Å². The molecule has 0 atom stereocenters. The molecule has 64 heavy (non-hydrogen) atoms.